The Morgan fingerprint density at radius 1 is 1.67 bits per heavy atom. The van der Waals surface area contributed by atoms with Crippen molar-refractivity contribution < 1.29 is 10.0 Å². The van der Waals surface area contributed by atoms with Crippen LogP contribution in [0.25, 0.3) is 0 Å². The van der Waals surface area contributed by atoms with E-state index in [1.165, 1.54) is 0 Å². The standard InChI is InChI=1S/C5H10BNO2/c1-7-3-2-5(4-7)6(8)9/h2,8-9H,3-4H2,1H3. The van der Waals surface area contributed by atoms with Gasteiger partial charge in [-0.1, -0.05) is 6.08 Å². The summed E-state index contributed by atoms with van der Waals surface area (Å²) in [4.78, 5) is 2.01. The molecule has 0 unspecified atom stereocenters. The SMILES string of the molecule is CN1CC=C(B(O)O)C1. The van der Waals surface area contributed by atoms with Gasteiger partial charge in [-0.2, -0.15) is 0 Å². The first-order valence-electron chi connectivity index (χ1n) is 2.94. The quantitative estimate of drug-likeness (QED) is 0.438. The molecule has 0 saturated heterocycles. The summed E-state index contributed by atoms with van der Waals surface area (Å²) in [6.07, 6.45) is 1.84. The molecule has 1 aliphatic rings. The first-order valence-corrected chi connectivity index (χ1v) is 2.94. The van der Waals surface area contributed by atoms with E-state index >= 15 is 0 Å². The summed E-state index contributed by atoms with van der Waals surface area (Å²) in [6, 6.07) is 0. The van der Waals surface area contributed by atoms with E-state index in [1.807, 2.05) is 18.0 Å². The van der Waals surface area contributed by atoms with Crippen molar-refractivity contribution in [1.29, 1.82) is 0 Å². The Balaban J connectivity index is 2.45. The van der Waals surface area contributed by atoms with Crippen molar-refractivity contribution in [3.05, 3.63) is 11.5 Å². The molecule has 3 nitrogen and oxygen atoms in total. The van der Waals surface area contributed by atoms with Gasteiger partial charge in [-0.25, -0.2) is 0 Å². The van der Waals surface area contributed by atoms with Crippen LogP contribution in [-0.2, 0) is 0 Å². The third-order valence-electron chi connectivity index (χ3n) is 1.45. The lowest BCUT2D eigenvalue weighted by molar-refractivity contribution is 0.399. The molecule has 0 amide bonds. The van der Waals surface area contributed by atoms with Crippen LogP contribution in [0.2, 0.25) is 0 Å². The van der Waals surface area contributed by atoms with E-state index in [0.29, 0.717) is 12.0 Å². The number of rotatable bonds is 1. The molecule has 1 rings (SSSR count). The molecule has 0 spiro atoms. The molecule has 0 bridgehead atoms. The fourth-order valence-electron chi connectivity index (χ4n) is 0.901. The van der Waals surface area contributed by atoms with Gasteiger partial charge in [0.15, 0.2) is 0 Å². The van der Waals surface area contributed by atoms with Gasteiger partial charge in [-0.05, 0) is 12.5 Å². The molecular weight excluding hydrogens is 117 g/mol. The van der Waals surface area contributed by atoms with Gasteiger partial charge in [0.2, 0.25) is 0 Å². The Hall–Kier alpha value is -0.315. The normalized spacial score (nSPS) is 20.1. The second-order valence-corrected chi connectivity index (χ2v) is 2.35. The van der Waals surface area contributed by atoms with E-state index in [4.69, 9.17) is 10.0 Å². The van der Waals surface area contributed by atoms with Crippen LogP contribution in [0.5, 0.6) is 0 Å². The fourth-order valence-corrected chi connectivity index (χ4v) is 0.901. The highest BCUT2D eigenvalue weighted by Gasteiger charge is 2.19. The maximum Gasteiger partial charge on any atom is 0.485 e. The third-order valence-corrected chi connectivity index (χ3v) is 1.45. The topological polar surface area (TPSA) is 43.7 Å². The lowest BCUT2D eigenvalue weighted by Gasteiger charge is -2.05. The zero-order valence-electron chi connectivity index (χ0n) is 5.41. The summed E-state index contributed by atoms with van der Waals surface area (Å²) >= 11 is 0. The van der Waals surface area contributed by atoms with Gasteiger partial charge in [0, 0.05) is 13.1 Å². The maximum absolute atomic E-state index is 8.63. The van der Waals surface area contributed by atoms with E-state index in [0.717, 1.165) is 6.54 Å². The van der Waals surface area contributed by atoms with Crippen molar-refractivity contribution in [2.45, 2.75) is 0 Å². The van der Waals surface area contributed by atoms with Gasteiger partial charge in [-0.3, -0.25) is 4.90 Å². The van der Waals surface area contributed by atoms with E-state index in [1.54, 1.807) is 0 Å². The second kappa shape index (κ2) is 2.52. The molecule has 0 aromatic heterocycles. The average Bonchev–Trinajstić information content (AvgIpc) is 2.14. The molecule has 2 N–H and O–H groups in total. The minimum atomic E-state index is -1.25. The average molecular weight is 127 g/mol. The molecule has 0 saturated carbocycles. The number of nitrogens with zero attached hydrogens (tertiary/aromatic N) is 1. The summed E-state index contributed by atoms with van der Waals surface area (Å²) in [5.74, 6) is 0. The summed E-state index contributed by atoms with van der Waals surface area (Å²) in [7, 11) is 0.682. The highest BCUT2D eigenvalue weighted by molar-refractivity contribution is 6.51. The Kier molecular flexibility index (Phi) is 1.90. The van der Waals surface area contributed by atoms with Crippen LogP contribution in [0.3, 0.4) is 0 Å². The Morgan fingerprint density at radius 2 is 2.33 bits per heavy atom. The molecule has 0 atom stereocenters. The molecule has 0 radical (unpaired) electrons. The first kappa shape index (κ1) is 6.80. The van der Waals surface area contributed by atoms with Crippen LogP contribution < -0.4 is 0 Å². The van der Waals surface area contributed by atoms with Gasteiger partial charge in [-0.15, -0.1) is 0 Å². The molecule has 1 aliphatic heterocycles. The minimum absolute atomic E-state index is 0.678. The van der Waals surface area contributed by atoms with Crippen molar-refractivity contribution in [3.63, 3.8) is 0 Å². The molecular formula is C5H10BNO2. The molecule has 9 heavy (non-hydrogen) atoms. The molecule has 0 fully saturated rings. The van der Waals surface area contributed by atoms with Crippen LogP contribution in [0.1, 0.15) is 0 Å². The van der Waals surface area contributed by atoms with Crippen molar-refractivity contribution in [1.82, 2.24) is 4.90 Å². The van der Waals surface area contributed by atoms with E-state index in [9.17, 15) is 0 Å². The van der Waals surface area contributed by atoms with Crippen LogP contribution in [-0.4, -0.2) is 42.2 Å². The van der Waals surface area contributed by atoms with Crippen LogP contribution in [0, 0.1) is 0 Å². The smallest absolute Gasteiger partial charge is 0.423 e. The monoisotopic (exact) mass is 127 g/mol. The van der Waals surface area contributed by atoms with Crippen molar-refractivity contribution in [2.75, 3.05) is 20.1 Å². The van der Waals surface area contributed by atoms with Gasteiger partial charge >= 0.3 is 7.12 Å². The van der Waals surface area contributed by atoms with Gasteiger partial charge in [0.05, 0.1) is 0 Å². The van der Waals surface area contributed by atoms with Crippen LogP contribution in [0.4, 0.5) is 0 Å². The highest BCUT2D eigenvalue weighted by atomic mass is 16.4. The van der Waals surface area contributed by atoms with Gasteiger partial charge in [0.25, 0.3) is 0 Å². The molecule has 4 heteroatoms. The Bertz CT molecular complexity index is 135. The Labute approximate surface area is 54.7 Å². The highest BCUT2D eigenvalue weighted by Crippen LogP contribution is 2.06. The van der Waals surface area contributed by atoms with Gasteiger partial charge in [0.1, 0.15) is 0 Å². The van der Waals surface area contributed by atoms with Crippen LogP contribution in [0.15, 0.2) is 11.5 Å². The predicted molar refractivity (Wildman–Crippen MR) is 35.8 cm³/mol. The Morgan fingerprint density at radius 3 is 2.56 bits per heavy atom. The molecule has 50 valence electrons. The third kappa shape index (κ3) is 1.54. The van der Waals surface area contributed by atoms with Crippen LogP contribution >= 0.6 is 0 Å². The largest absolute Gasteiger partial charge is 0.485 e. The number of likely N-dealkylation sites (N-methyl/N-ethyl adjacent to an activating group) is 1. The van der Waals surface area contributed by atoms with Crippen molar-refractivity contribution >= 4 is 7.12 Å². The molecule has 0 aromatic carbocycles. The van der Waals surface area contributed by atoms with Crippen molar-refractivity contribution in [3.8, 4) is 0 Å². The first-order chi connectivity index (χ1) is 4.20. The predicted octanol–water partition coefficient (Wildman–Crippen LogP) is -1.13. The minimum Gasteiger partial charge on any atom is -0.423 e. The summed E-state index contributed by atoms with van der Waals surface area (Å²) < 4.78 is 0. The molecule has 0 aromatic rings. The summed E-state index contributed by atoms with van der Waals surface area (Å²) in [5, 5.41) is 17.3. The molecule has 0 aliphatic carbocycles. The summed E-state index contributed by atoms with van der Waals surface area (Å²) in [6.45, 7) is 1.50. The molecule has 1 heterocycles. The van der Waals surface area contributed by atoms with Crippen molar-refractivity contribution in [2.24, 2.45) is 0 Å². The zero-order valence-corrected chi connectivity index (χ0v) is 5.41. The lowest BCUT2D eigenvalue weighted by Crippen LogP contribution is -2.21. The fraction of sp³-hybridized carbons (Fsp3) is 0.600. The lowest BCUT2D eigenvalue weighted by atomic mass is 9.80. The van der Waals surface area contributed by atoms with E-state index < -0.39 is 7.12 Å². The van der Waals surface area contributed by atoms with E-state index in [-0.39, 0.29) is 0 Å². The summed E-state index contributed by atoms with van der Waals surface area (Å²) in [5.41, 5.74) is 0.706. The second-order valence-electron chi connectivity index (χ2n) is 2.35. The zero-order chi connectivity index (χ0) is 6.85. The maximum atomic E-state index is 8.63. The number of hydrogen-bond donors (Lipinski definition) is 2. The van der Waals surface area contributed by atoms with E-state index in [2.05, 4.69) is 0 Å². The number of hydrogen-bond acceptors (Lipinski definition) is 3. The van der Waals surface area contributed by atoms with Gasteiger partial charge < -0.3 is 10.0 Å².